The molecule has 0 unspecified atom stereocenters. The van der Waals surface area contributed by atoms with E-state index in [2.05, 4.69) is 45.9 Å². The van der Waals surface area contributed by atoms with Crippen molar-refractivity contribution in [3.05, 3.63) is 35.9 Å². The Morgan fingerprint density at radius 1 is 1.11 bits per heavy atom. The zero-order valence-corrected chi connectivity index (χ0v) is 16.5. The van der Waals surface area contributed by atoms with Gasteiger partial charge in [-0.3, -0.25) is 4.79 Å². The molecule has 3 aliphatic heterocycles. The van der Waals surface area contributed by atoms with Gasteiger partial charge in [-0.2, -0.15) is 11.8 Å². The second kappa shape index (κ2) is 8.55. The van der Waals surface area contributed by atoms with Crippen LogP contribution in [0, 0.1) is 0 Å². The number of carbonyl (C=O) groups excluding carboxylic acids is 2. The van der Waals surface area contributed by atoms with Gasteiger partial charge in [0.25, 0.3) is 0 Å². The van der Waals surface area contributed by atoms with Crippen LogP contribution in [-0.2, 0) is 4.79 Å². The molecule has 3 heterocycles. The van der Waals surface area contributed by atoms with Crippen LogP contribution < -0.4 is 10.6 Å². The first-order valence-electron chi connectivity index (χ1n) is 10.2. The molecule has 3 amide bonds. The van der Waals surface area contributed by atoms with Gasteiger partial charge in [-0.05, 0) is 37.2 Å². The predicted octanol–water partition coefficient (Wildman–Crippen LogP) is 3.12. The van der Waals surface area contributed by atoms with Crippen molar-refractivity contribution in [2.75, 3.05) is 18.8 Å². The topological polar surface area (TPSA) is 61.4 Å². The van der Waals surface area contributed by atoms with Crippen LogP contribution in [0.2, 0.25) is 0 Å². The number of likely N-dealkylation sites (tertiary alicyclic amines) is 1. The van der Waals surface area contributed by atoms with Crippen LogP contribution in [0.25, 0.3) is 0 Å². The molecular formula is C21H29N3O2S. The third-order valence-corrected chi connectivity index (χ3v) is 7.69. The molecule has 1 aromatic rings. The summed E-state index contributed by atoms with van der Waals surface area (Å²) in [5, 5.41) is 6.51. The number of fused-ring (bicyclic) bond motifs is 1. The summed E-state index contributed by atoms with van der Waals surface area (Å²) in [5.74, 6) is 1.91. The lowest BCUT2D eigenvalue weighted by Gasteiger charge is -2.32. The largest absolute Gasteiger partial charge is 0.343 e. The monoisotopic (exact) mass is 387 g/mol. The molecule has 146 valence electrons. The average molecular weight is 388 g/mol. The Hall–Kier alpha value is -1.69. The Labute approximate surface area is 165 Å². The molecule has 27 heavy (non-hydrogen) atoms. The minimum atomic E-state index is -0.0237. The molecule has 6 heteroatoms. The van der Waals surface area contributed by atoms with Crippen molar-refractivity contribution in [3.63, 3.8) is 0 Å². The molecule has 3 saturated heterocycles. The van der Waals surface area contributed by atoms with Gasteiger partial charge in [0, 0.05) is 30.5 Å². The molecule has 0 aromatic heterocycles. The molecule has 3 fully saturated rings. The quantitative estimate of drug-likeness (QED) is 0.582. The summed E-state index contributed by atoms with van der Waals surface area (Å²) >= 11 is 1.95. The second-order valence-corrected chi connectivity index (χ2v) is 9.21. The number of urea groups is 1. The standard InChI is InChI=1S/C21H29N3O2S/c25-19(24-12-10-16(11-13-24)15-6-2-1-3-7-15)9-5-4-8-18-20-17(14-27-18)22-21(26)23-20/h1-3,6-7,16-18,20H,4-5,8-14H2,(H2,22,23,26)/t17-,18-,20-/m0/s1. The Morgan fingerprint density at radius 3 is 2.67 bits per heavy atom. The number of benzene rings is 1. The van der Waals surface area contributed by atoms with Crippen LogP contribution in [0.3, 0.4) is 0 Å². The SMILES string of the molecule is O=C1N[C@H]2[C@H](CS[C@H]2CCCCC(=O)N2CCC(c3ccccc3)CC2)N1. The zero-order chi connectivity index (χ0) is 18.6. The Kier molecular flexibility index (Phi) is 5.91. The fourth-order valence-electron chi connectivity index (χ4n) is 4.61. The van der Waals surface area contributed by atoms with Crippen molar-refractivity contribution in [1.82, 2.24) is 15.5 Å². The van der Waals surface area contributed by atoms with Crippen LogP contribution in [0.4, 0.5) is 4.79 Å². The Bertz CT molecular complexity index is 661. The summed E-state index contributed by atoms with van der Waals surface area (Å²) in [6, 6.07) is 11.2. The third-order valence-electron chi connectivity index (χ3n) is 6.19. The van der Waals surface area contributed by atoms with Gasteiger partial charge in [0.15, 0.2) is 0 Å². The molecule has 0 spiro atoms. The second-order valence-electron chi connectivity index (χ2n) is 7.93. The number of thioether (sulfide) groups is 1. The predicted molar refractivity (Wildman–Crippen MR) is 109 cm³/mol. The molecule has 1 aromatic carbocycles. The van der Waals surface area contributed by atoms with Gasteiger partial charge < -0.3 is 15.5 Å². The number of nitrogens with one attached hydrogen (secondary N) is 2. The molecule has 0 bridgehead atoms. The third kappa shape index (κ3) is 4.42. The lowest BCUT2D eigenvalue weighted by Crippen LogP contribution is -2.38. The van der Waals surface area contributed by atoms with E-state index >= 15 is 0 Å². The molecule has 2 N–H and O–H groups in total. The van der Waals surface area contributed by atoms with Crippen LogP contribution in [-0.4, -0.2) is 53.0 Å². The fraction of sp³-hybridized carbons (Fsp3) is 0.619. The van der Waals surface area contributed by atoms with E-state index in [0.29, 0.717) is 29.5 Å². The minimum absolute atomic E-state index is 0.0237. The first-order valence-corrected chi connectivity index (χ1v) is 11.3. The van der Waals surface area contributed by atoms with Gasteiger partial charge in [0.2, 0.25) is 5.91 Å². The van der Waals surface area contributed by atoms with Crippen molar-refractivity contribution in [2.24, 2.45) is 0 Å². The number of carbonyl (C=O) groups is 2. The Morgan fingerprint density at radius 2 is 1.89 bits per heavy atom. The molecule has 0 aliphatic carbocycles. The van der Waals surface area contributed by atoms with Gasteiger partial charge >= 0.3 is 6.03 Å². The van der Waals surface area contributed by atoms with E-state index in [-0.39, 0.29) is 12.1 Å². The summed E-state index contributed by atoms with van der Waals surface area (Å²) in [6.07, 6.45) is 5.90. The maximum atomic E-state index is 12.5. The smallest absolute Gasteiger partial charge is 0.315 e. The van der Waals surface area contributed by atoms with E-state index in [4.69, 9.17) is 0 Å². The first-order chi connectivity index (χ1) is 13.2. The summed E-state index contributed by atoms with van der Waals surface area (Å²) in [4.78, 5) is 26.0. The van der Waals surface area contributed by atoms with E-state index < -0.39 is 0 Å². The van der Waals surface area contributed by atoms with E-state index in [0.717, 1.165) is 50.9 Å². The molecule has 0 saturated carbocycles. The van der Waals surface area contributed by atoms with Crippen molar-refractivity contribution in [1.29, 1.82) is 0 Å². The van der Waals surface area contributed by atoms with Crippen molar-refractivity contribution in [3.8, 4) is 0 Å². The lowest BCUT2D eigenvalue weighted by atomic mass is 9.89. The van der Waals surface area contributed by atoms with Crippen LogP contribution in [0.15, 0.2) is 30.3 Å². The van der Waals surface area contributed by atoms with Crippen molar-refractivity contribution in [2.45, 2.75) is 61.8 Å². The van der Waals surface area contributed by atoms with Crippen LogP contribution in [0.1, 0.15) is 50.0 Å². The van der Waals surface area contributed by atoms with Gasteiger partial charge in [-0.15, -0.1) is 0 Å². The number of hydrogen-bond acceptors (Lipinski definition) is 3. The van der Waals surface area contributed by atoms with Gasteiger partial charge in [-0.25, -0.2) is 4.79 Å². The highest BCUT2D eigenvalue weighted by atomic mass is 32.2. The summed E-state index contributed by atoms with van der Waals surface area (Å²) in [5.41, 5.74) is 1.41. The number of hydrogen-bond donors (Lipinski definition) is 2. The number of piperidine rings is 1. The van der Waals surface area contributed by atoms with Gasteiger partial charge in [0.1, 0.15) is 0 Å². The highest BCUT2D eigenvalue weighted by molar-refractivity contribution is 8.00. The molecule has 3 aliphatic rings. The molecule has 3 atom stereocenters. The summed E-state index contributed by atoms with van der Waals surface area (Å²) < 4.78 is 0. The maximum Gasteiger partial charge on any atom is 0.315 e. The highest BCUT2D eigenvalue weighted by Crippen LogP contribution is 2.33. The minimum Gasteiger partial charge on any atom is -0.343 e. The number of nitrogens with zero attached hydrogens (tertiary/aromatic N) is 1. The number of rotatable bonds is 6. The molecule has 4 rings (SSSR count). The van der Waals surface area contributed by atoms with E-state index in [9.17, 15) is 9.59 Å². The molecule has 0 radical (unpaired) electrons. The van der Waals surface area contributed by atoms with E-state index in [1.165, 1.54) is 5.56 Å². The number of amides is 3. The van der Waals surface area contributed by atoms with Crippen LogP contribution in [0.5, 0.6) is 0 Å². The van der Waals surface area contributed by atoms with Gasteiger partial charge in [-0.1, -0.05) is 36.8 Å². The van der Waals surface area contributed by atoms with Crippen molar-refractivity contribution < 1.29 is 9.59 Å². The van der Waals surface area contributed by atoms with Gasteiger partial charge in [0.05, 0.1) is 12.1 Å². The zero-order valence-electron chi connectivity index (χ0n) is 15.7. The van der Waals surface area contributed by atoms with E-state index in [1.807, 2.05) is 11.8 Å². The number of unbranched alkanes of at least 4 members (excludes halogenated alkanes) is 1. The molecular weight excluding hydrogens is 358 g/mol. The molecule has 5 nitrogen and oxygen atoms in total. The summed E-state index contributed by atoms with van der Waals surface area (Å²) in [6.45, 7) is 1.77. The summed E-state index contributed by atoms with van der Waals surface area (Å²) in [7, 11) is 0. The Balaban J connectivity index is 1.14. The average Bonchev–Trinajstić information content (AvgIpc) is 3.25. The van der Waals surface area contributed by atoms with Crippen molar-refractivity contribution >= 4 is 23.7 Å². The lowest BCUT2D eigenvalue weighted by molar-refractivity contribution is -0.132. The highest BCUT2D eigenvalue weighted by Gasteiger charge is 2.42. The maximum absolute atomic E-state index is 12.5. The normalized spacial score (nSPS) is 27.9. The fourth-order valence-corrected chi connectivity index (χ4v) is 6.15. The first kappa shape index (κ1) is 18.7. The van der Waals surface area contributed by atoms with E-state index in [1.54, 1.807) is 0 Å². The van der Waals surface area contributed by atoms with Crippen LogP contribution >= 0.6 is 11.8 Å².